The van der Waals surface area contributed by atoms with Crippen molar-refractivity contribution in [1.82, 2.24) is 5.32 Å². The Bertz CT molecular complexity index is 555. The summed E-state index contributed by atoms with van der Waals surface area (Å²) >= 11 is 0. The molecule has 21 heavy (non-hydrogen) atoms. The van der Waals surface area contributed by atoms with Crippen molar-refractivity contribution >= 4 is 23.6 Å². The zero-order valence-corrected chi connectivity index (χ0v) is 11.1. The van der Waals surface area contributed by atoms with Gasteiger partial charge < -0.3 is 20.4 Å². The molecule has 0 saturated heterocycles. The van der Waals surface area contributed by atoms with E-state index in [9.17, 15) is 14.4 Å². The maximum Gasteiger partial charge on any atom is 0.340 e. The summed E-state index contributed by atoms with van der Waals surface area (Å²) in [5.41, 5.74) is -0.142. The summed E-state index contributed by atoms with van der Waals surface area (Å²) in [5, 5.41) is 22.6. The number of aliphatic carboxylic acids is 1. The largest absolute Gasteiger partial charge is 0.479 e. The van der Waals surface area contributed by atoms with Crippen LogP contribution in [0.2, 0.25) is 0 Å². The molecule has 0 spiro atoms. The fourth-order valence-electron chi connectivity index (χ4n) is 1.48. The lowest BCUT2D eigenvalue weighted by atomic mass is 10.1. The van der Waals surface area contributed by atoms with E-state index in [0.717, 1.165) is 0 Å². The Labute approximate surface area is 120 Å². The molecule has 8 nitrogen and oxygen atoms in total. The van der Waals surface area contributed by atoms with Gasteiger partial charge in [-0.1, -0.05) is 35.5 Å². The second-order valence-corrected chi connectivity index (χ2v) is 3.81. The number of carbonyl (C=O) groups excluding carboxylic acids is 2. The molecule has 0 fully saturated rings. The molecule has 0 aliphatic heterocycles. The molecule has 0 heterocycles. The first kappa shape index (κ1) is 16.2. The molecule has 0 aromatic heterocycles. The summed E-state index contributed by atoms with van der Waals surface area (Å²) in [4.78, 5) is 34.4. The summed E-state index contributed by atoms with van der Waals surface area (Å²) in [6.07, 6.45) is 0. The summed E-state index contributed by atoms with van der Waals surface area (Å²) in [7, 11) is 0. The van der Waals surface area contributed by atoms with E-state index in [-0.39, 0.29) is 12.2 Å². The van der Waals surface area contributed by atoms with Crippen LogP contribution in [-0.2, 0) is 19.1 Å². The van der Waals surface area contributed by atoms with Crippen molar-refractivity contribution in [2.24, 2.45) is 5.16 Å². The molecule has 1 unspecified atom stereocenters. The standard InChI is InChI=1S/C13H14N2O6/c1-2-21-13(19)10(12(17)18)14-11(16)9(15-20)8-6-4-3-5-7-8/h3-7,10,20H,2H2,1H3,(H,14,16)(H,17,18)/b15-9+. The minimum absolute atomic E-state index is 0.0296. The van der Waals surface area contributed by atoms with Gasteiger partial charge in [-0.05, 0) is 6.92 Å². The number of oxime groups is 1. The van der Waals surface area contributed by atoms with Gasteiger partial charge in [-0.2, -0.15) is 0 Å². The number of carboxylic acids is 1. The van der Waals surface area contributed by atoms with Gasteiger partial charge in [-0.15, -0.1) is 0 Å². The van der Waals surface area contributed by atoms with Gasteiger partial charge in [0.25, 0.3) is 5.91 Å². The van der Waals surface area contributed by atoms with Crippen molar-refractivity contribution in [3.63, 3.8) is 0 Å². The zero-order chi connectivity index (χ0) is 15.8. The Balaban J connectivity index is 2.91. The molecular formula is C13H14N2O6. The molecule has 1 amide bonds. The van der Waals surface area contributed by atoms with Gasteiger partial charge in [-0.25, -0.2) is 9.59 Å². The summed E-state index contributed by atoms with van der Waals surface area (Å²) in [6.45, 7) is 1.47. The average molecular weight is 294 g/mol. The Morgan fingerprint density at radius 3 is 2.38 bits per heavy atom. The van der Waals surface area contributed by atoms with Crippen molar-refractivity contribution < 1.29 is 29.4 Å². The summed E-state index contributed by atoms with van der Waals surface area (Å²) in [5.74, 6) is -3.69. The van der Waals surface area contributed by atoms with E-state index in [1.807, 2.05) is 5.32 Å². The molecule has 3 N–H and O–H groups in total. The first-order valence-electron chi connectivity index (χ1n) is 5.99. The van der Waals surface area contributed by atoms with E-state index in [0.29, 0.717) is 0 Å². The minimum atomic E-state index is -1.88. The normalized spacial score (nSPS) is 12.3. The summed E-state index contributed by atoms with van der Waals surface area (Å²) < 4.78 is 4.55. The Kier molecular flexibility index (Phi) is 5.87. The van der Waals surface area contributed by atoms with Crippen LogP contribution in [0.1, 0.15) is 12.5 Å². The fraction of sp³-hybridized carbons (Fsp3) is 0.231. The molecule has 1 atom stereocenters. The van der Waals surface area contributed by atoms with E-state index in [1.165, 1.54) is 19.1 Å². The number of nitrogens with zero attached hydrogens (tertiary/aromatic N) is 1. The van der Waals surface area contributed by atoms with Crippen molar-refractivity contribution in [3.05, 3.63) is 35.9 Å². The number of ether oxygens (including phenoxy) is 1. The van der Waals surface area contributed by atoms with Crippen LogP contribution in [0.25, 0.3) is 0 Å². The van der Waals surface area contributed by atoms with E-state index >= 15 is 0 Å². The number of amides is 1. The summed E-state index contributed by atoms with van der Waals surface area (Å²) in [6, 6.07) is 6.01. The van der Waals surface area contributed by atoms with Crippen LogP contribution in [-0.4, -0.2) is 46.5 Å². The number of hydrogen-bond acceptors (Lipinski definition) is 6. The minimum Gasteiger partial charge on any atom is -0.479 e. The lowest BCUT2D eigenvalue weighted by Crippen LogP contribution is -2.49. The fourth-order valence-corrected chi connectivity index (χ4v) is 1.48. The number of hydrogen-bond donors (Lipinski definition) is 3. The van der Waals surface area contributed by atoms with Gasteiger partial charge in [0.1, 0.15) is 0 Å². The number of benzene rings is 1. The smallest absolute Gasteiger partial charge is 0.340 e. The quantitative estimate of drug-likeness (QED) is 0.223. The maximum absolute atomic E-state index is 11.9. The van der Waals surface area contributed by atoms with Crippen molar-refractivity contribution in [3.8, 4) is 0 Å². The number of carbonyl (C=O) groups is 3. The predicted octanol–water partition coefficient (Wildman–Crippen LogP) is -0.00260. The molecule has 1 aromatic carbocycles. The van der Waals surface area contributed by atoms with E-state index in [2.05, 4.69) is 9.89 Å². The third-order valence-electron chi connectivity index (χ3n) is 2.41. The highest BCUT2D eigenvalue weighted by molar-refractivity contribution is 6.45. The van der Waals surface area contributed by atoms with Crippen LogP contribution in [0.5, 0.6) is 0 Å². The Hall–Kier alpha value is -2.90. The second-order valence-electron chi connectivity index (χ2n) is 3.81. The van der Waals surface area contributed by atoms with Gasteiger partial charge >= 0.3 is 11.9 Å². The van der Waals surface area contributed by atoms with Crippen molar-refractivity contribution in [2.45, 2.75) is 13.0 Å². The van der Waals surface area contributed by atoms with E-state index < -0.39 is 29.6 Å². The van der Waals surface area contributed by atoms with Gasteiger partial charge in [0, 0.05) is 5.56 Å². The van der Waals surface area contributed by atoms with Crippen LogP contribution in [0, 0.1) is 0 Å². The molecule has 8 heteroatoms. The molecule has 1 aromatic rings. The first-order chi connectivity index (χ1) is 10.0. The molecule has 1 rings (SSSR count). The highest BCUT2D eigenvalue weighted by Crippen LogP contribution is 2.02. The number of carboxylic acid groups (broad SMARTS) is 1. The lowest BCUT2D eigenvalue weighted by molar-refractivity contribution is -0.156. The predicted molar refractivity (Wildman–Crippen MR) is 71.0 cm³/mol. The third-order valence-corrected chi connectivity index (χ3v) is 2.41. The van der Waals surface area contributed by atoms with Crippen LogP contribution < -0.4 is 5.32 Å². The average Bonchev–Trinajstić information content (AvgIpc) is 2.46. The monoisotopic (exact) mass is 294 g/mol. The molecule has 0 bridgehead atoms. The SMILES string of the molecule is CCOC(=O)C(NC(=O)/C(=N/O)c1ccccc1)C(=O)O. The van der Waals surface area contributed by atoms with E-state index in [4.69, 9.17) is 10.3 Å². The van der Waals surface area contributed by atoms with Crippen molar-refractivity contribution in [2.75, 3.05) is 6.61 Å². The van der Waals surface area contributed by atoms with Gasteiger partial charge in [0.2, 0.25) is 6.04 Å². The van der Waals surface area contributed by atoms with Crippen LogP contribution in [0.3, 0.4) is 0 Å². The van der Waals surface area contributed by atoms with E-state index in [1.54, 1.807) is 18.2 Å². The van der Waals surface area contributed by atoms with Crippen LogP contribution in [0.4, 0.5) is 0 Å². The van der Waals surface area contributed by atoms with Gasteiger partial charge in [-0.3, -0.25) is 4.79 Å². The van der Waals surface area contributed by atoms with Crippen molar-refractivity contribution in [1.29, 1.82) is 0 Å². The number of nitrogens with one attached hydrogen (secondary N) is 1. The molecule has 0 aliphatic rings. The Morgan fingerprint density at radius 2 is 1.90 bits per heavy atom. The molecule has 0 aliphatic carbocycles. The van der Waals surface area contributed by atoms with Gasteiger partial charge in [0.15, 0.2) is 5.71 Å². The highest BCUT2D eigenvalue weighted by atomic mass is 16.5. The van der Waals surface area contributed by atoms with Crippen LogP contribution >= 0.6 is 0 Å². The second kappa shape index (κ2) is 7.63. The Morgan fingerprint density at radius 1 is 1.29 bits per heavy atom. The lowest BCUT2D eigenvalue weighted by Gasteiger charge is -2.13. The molecule has 0 saturated carbocycles. The number of rotatable bonds is 6. The highest BCUT2D eigenvalue weighted by Gasteiger charge is 2.31. The maximum atomic E-state index is 11.9. The molecule has 0 radical (unpaired) electrons. The first-order valence-corrected chi connectivity index (χ1v) is 5.99. The zero-order valence-electron chi connectivity index (χ0n) is 11.1. The third kappa shape index (κ3) is 4.30. The van der Waals surface area contributed by atoms with Crippen LogP contribution in [0.15, 0.2) is 35.5 Å². The molecule has 112 valence electrons. The number of esters is 1. The topological polar surface area (TPSA) is 125 Å². The van der Waals surface area contributed by atoms with Gasteiger partial charge in [0.05, 0.1) is 6.61 Å². The molecular weight excluding hydrogens is 280 g/mol.